The van der Waals surface area contributed by atoms with Crippen LogP contribution in [-0.2, 0) is 12.7 Å². The molecule has 0 spiro atoms. The van der Waals surface area contributed by atoms with Gasteiger partial charge in [0, 0.05) is 18.9 Å². The minimum Gasteiger partial charge on any atom is -0.348 e. The lowest BCUT2D eigenvalue weighted by molar-refractivity contribution is -0.137. The van der Waals surface area contributed by atoms with Crippen LogP contribution in [0.15, 0.2) is 48.8 Å². The predicted octanol–water partition coefficient (Wildman–Crippen LogP) is 3.72. The minimum atomic E-state index is -4.66. The number of para-hydroxylation sites is 1. The SMILES string of the molecule is O=C(NCc1cc(F)cc(C(F)(F)F)c1)c1cccc2nccnc12. The number of fused-ring (bicyclic) bond motifs is 1. The first-order valence-electron chi connectivity index (χ1n) is 7.19. The molecule has 1 amide bonds. The second-order valence-electron chi connectivity index (χ2n) is 5.26. The van der Waals surface area contributed by atoms with Gasteiger partial charge in [-0.05, 0) is 35.9 Å². The fraction of sp³-hybridized carbons (Fsp3) is 0.118. The van der Waals surface area contributed by atoms with Crippen LogP contribution in [-0.4, -0.2) is 15.9 Å². The largest absolute Gasteiger partial charge is 0.416 e. The molecule has 0 saturated heterocycles. The fourth-order valence-electron chi connectivity index (χ4n) is 2.37. The van der Waals surface area contributed by atoms with Crippen molar-refractivity contribution in [1.82, 2.24) is 15.3 Å². The molecule has 25 heavy (non-hydrogen) atoms. The molecule has 4 nitrogen and oxygen atoms in total. The number of nitrogens with one attached hydrogen (secondary N) is 1. The molecule has 2 aromatic carbocycles. The number of carbonyl (C=O) groups is 1. The predicted molar refractivity (Wildman–Crippen MR) is 82.1 cm³/mol. The molecule has 0 aliphatic rings. The maximum atomic E-state index is 13.4. The Morgan fingerprint density at radius 1 is 1.08 bits per heavy atom. The number of halogens is 4. The first-order chi connectivity index (χ1) is 11.8. The molecule has 1 N–H and O–H groups in total. The van der Waals surface area contributed by atoms with Crippen LogP contribution in [0.25, 0.3) is 11.0 Å². The molecule has 0 saturated carbocycles. The molecular formula is C17H11F4N3O. The van der Waals surface area contributed by atoms with Gasteiger partial charge in [-0.25, -0.2) is 4.39 Å². The molecule has 3 aromatic rings. The van der Waals surface area contributed by atoms with E-state index in [1.54, 1.807) is 12.1 Å². The third-order valence-electron chi connectivity index (χ3n) is 3.48. The van der Waals surface area contributed by atoms with Gasteiger partial charge in [-0.2, -0.15) is 13.2 Å². The summed E-state index contributed by atoms with van der Waals surface area (Å²) in [6, 6.07) is 6.98. The smallest absolute Gasteiger partial charge is 0.348 e. The summed E-state index contributed by atoms with van der Waals surface area (Å²) in [4.78, 5) is 20.5. The topological polar surface area (TPSA) is 54.9 Å². The molecule has 128 valence electrons. The highest BCUT2D eigenvalue weighted by Gasteiger charge is 2.31. The van der Waals surface area contributed by atoms with Crippen LogP contribution in [0.1, 0.15) is 21.5 Å². The van der Waals surface area contributed by atoms with Crippen LogP contribution in [0.3, 0.4) is 0 Å². The number of rotatable bonds is 3. The summed E-state index contributed by atoms with van der Waals surface area (Å²) in [5.74, 6) is -1.56. The Labute approximate surface area is 139 Å². The Morgan fingerprint density at radius 2 is 1.84 bits per heavy atom. The van der Waals surface area contributed by atoms with Crippen molar-refractivity contribution in [2.45, 2.75) is 12.7 Å². The Hall–Kier alpha value is -3.03. The maximum absolute atomic E-state index is 13.4. The summed E-state index contributed by atoms with van der Waals surface area (Å²) < 4.78 is 51.5. The lowest BCUT2D eigenvalue weighted by atomic mass is 10.1. The van der Waals surface area contributed by atoms with Crippen molar-refractivity contribution < 1.29 is 22.4 Å². The van der Waals surface area contributed by atoms with Crippen LogP contribution < -0.4 is 5.32 Å². The van der Waals surface area contributed by atoms with Crippen LogP contribution >= 0.6 is 0 Å². The van der Waals surface area contributed by atoms with Crippen molar-refractivity contribution in [1.29, 1.82) is 0 Å². The van der Waals surface area contributed by atoms with Crippen molar-refractivity contribution in [3.63, 3.8) is 0 Å². The van der Waals surface area contributed by atoms with Crippen molar-refractivity contribution in [2.75, 3.05) is 0 Å². The van der Waals surface area contributed by atoms with Gasteiger partial charge in [0.15, 0.2) is 0 Å². The average Bonchev–Trinajstić information content (AvgIpc) is 2.58. The lowest BCUT2D eigenvalue weighted by Gasteiger charge is -2.11. The number of amides is 1. The molecule has 0 atom stereocenters. The van der Waals surface area contributed by atoms with E-state index in [9.17, 15) is 22.4 Å². The van der Waals surface area contributed by atoms with Gasteiger partial charge in [0.25, 0.3) is 5.91 Å². The van der Waals surface area contributed by atoms with E-state index in [0.29, 0.717) is 17.1 Å². The van der Waals surface area contributed by atoms with E-state index in [4.69, 9.17) is 0 Å². The molecular weight excluding hydrogens is 338 g/mol. The average molecular weight is 349 g/mol. The summed E-state index contributed by atoms with van der Waals surface area (Å²) in [6.45, 7) is -0.254. The number of alkyl halides is 3. The van der Waals surface area contributed by atoms with E-state index < -0.39 is 23.5 Å². The maximum Gasteiger partial charge on any atom is 0.416 e. The van der Waals surface area contributed by atoms with Gasteiger partial charge in [0.05, 0.1) is 16.6 Å². The molecule has 0 aliphatic carbocycles. The van der Waals surface area contributed by atoms with Crippen molar-refractivity contribution >= 4 is 16.9 Å². The van der Waals surface area contributed by atoms with Gasteiger partial charge >= 0.3 is 6.18 Å². The van der Waals surface area contributed by atoms with Gasteiger partial charge in [-0.3, -0.25) is 14.8 Å². The highest BCUT2D eigenvalue weighted by molar-refractivity contribution is 6.04. The first kappa shape index (κ1) is 16.8. The summed E-state index contributed by atoms with van der Waals surface area (Å²) in [5.41, 5.74) is 0.0239. The van der Waals surface area contributed by atoms with Gasteiger partial charge in [0.1, 0.15) is 11.3 Å². The monoisotopic (exact) mass is 349 g/mol. The molecule has 0 fully saturated rings. The third-order valence-corrected chi connectivity index (χ3v) is 3.48. The first-order valence-corrected chi connectivity index (χ1v) is 7.19. The Bertz CT molecular complexity index is 935. The minimum absolute atomic E-state index is 0.00648. The molecule has 1 aromatic heterocycles. The molecule has 1 heterocycles. The lowest BCUT2D eigenvalue weighted by Crippen LogP contribution is -2.23. The quantitative estimate of drug-likeness (QED) is 0.734. The second kappa shape index (κ2) is 6.46. The highest BCUT2D eigenvalue weighted by atomic mass is 19.4. The molecule has 8 heteroatoms. The summed E-state index contributed by atoms with van der Waals surface area (Å²) in [5, 5.41) is 2.47. The van der Waals surface area contributed by atoms with Crippen LogP contribution in [0.5, 0.6) is 0 Å². The fourth-order valence-corrected chi connectivity index (χ4v) is 2.37. The summed E-state index contributed by atoms with van der Waals surface area (Å²) in [6.07, 6.45) is -1.75. The normalized spacial score (nSPS) is 11.5. The van der Waals surface area contributed by atoms with Gasteiger partial charge in [0.2, 0.25) is 0 Å². The third kappa shape index (κ3) is 3.73. The van der Waals surface area contributed by atoms with Gasteiger partial charge in [-0.1, -0.05) is 6.07 Å². The van der Waals surface area contributed by atoms with E-state index in [2.05, 4.69) is 15.3 Å². The number of carbonyl (C=O) groups excluding carboxylic acids is 1. The number of hydrogen-bond donors (Lipinski definition) is 1. The summed E-state index contributed by atoms with van der Waals surface area (Å²) >= 11 is 0. The Kier molecular flexibility index (Phi) is 4.35. The highest BCUT2D eigenvalue weighted by Crippen LogP contribution is 2.30. The van der Waals surface area contributed by atoms with E-state index >= 15 is 0 Å². The Morgan fingerprint density at radius 3 is 2.60 bits per heavy atom. The van der Waals surface area contributed by atoms with Crippen LogP contribution in [0, 0.1) is 5.82 Å². The van der Waals surface area contributed by atoms with Crippen LogP contribution in [0.4, 0.5) is 17.6 Å². The zero-order valence-electron chi connectivity index (χ0n) is 12.6. The van der Waals surface area contributed by atoms with E-state index in [1.807, 2.05) is 0 Å². The standard InChI is InChI=1S/C17H11F4N3O/c18-12-7-10(6-11(8-12)17(19,20)21)9-24-16(25)13-2-1-3-14-15(13)23-5-4-22-14/h1-8H,9H2,(H,24,25). The molecule has 0 aliphatic heterocycles. The molecule has 0 bridgehead atoms. The second-order valence-corrected chi connectivity index (χ2v) is 5.26. The number of aromatic nitrogens is 2. The van der Waals surface area contributed by atoms with Gasteiger partial charge in [-0.15, -0.1) is 0 Å². The van der Waals surface area contributed by atoms with Crippen LogP contribution in [0.2, 0.25) is 0 Å². The number of benzene rings is 2. The van der Waals surface area contributed by atoms with Crippen molar-refractivity contribution in [3.05, 3.63) is 71.3 Å². The molecule has 3 rings (SSSR count). The van der Waals surface area contributed by atoms with Crippen molar-refractivity contribution in [3.8, 4) is 0 Å². The number of hydrogen-bond acceptors (Lipinski definition) is 3. The van der Waals surface area contributed by atoms with Gasteiger partial charge < -0.3 is 5.32 Å². The Balaban J connectivity index is 1.82. The zero-order chi connectivity index (χ0) is 18.0. The van der Waals surface area contributed by atoms with Crippen molar-refractivity contribution in [2.24, 2.45) is 0 Å². The van der Waals surface area contributed by atoms with E-state index in [0.717, 1.165) is 12.1 Å². The molecule has 0 unspecified atom stereocenters. The molecule has 0 radical (unpaired) electrons. The number of nitrogens with zero attached hydrogens (tertiary/aromatic N) is 2. The zero-order valence-corrected chi connectivity index (χ0v) is 12.6. The van der Waals surface area contributed by atoms with E-state index in [1.165, 1.54) is 18.5 Å². The van der Waals surface area contributed by atoms with E-state index in [-0.39, 0.29) is 17.7 Å². The summed E-state index contributed by atoms with van der Waals surface area (Å²) in [7, 11) is 0.